The van der Waals surface area contributed by atoms with Crippen LogP contribution < -0.4 is 5.73 Å². The molecule has 0 unspecified atom stereocenters. The second-order valence-corrected chi connectivity index (χ2v) is 3.23. The largest absolute Gasteiger partial charge is 0.326 e. The van der Waals surface area contributed by atoms with Crippen molar-refractivity contribution in [1.82, 2.24) is 0 Å². The molecule has 2 heteroatoms. The zero-order valence-electron chi connectivity index (χ0n) is 8.39. The molecule has 2 aromatic carbocycles. The molecule has 78 valence electrons. The highest BCUT2D eigenvalue weighted by molar-refractivity contribution is 5.85. The quantitative estimate of drug-likeness (QED) is 0.825. The van der Waals surface area contributed by atoms with Crippen molar-refractivity contribution in [3.63, 3.8) is 0 Å². The summed E-state index contributed by atoms with van der Waals surface area (Å²) < 4.78 is 0. The summed E-state index contributed by atoms with van der Waals surface area (Å²) in [5, 5.41) is 0. The van der Waals surface area contributed by atoms with E-state index in [0.717, 1.165) is 0 Å². The summed E-state index contributed by atoms with van der Waals surface area (Å²) in [5.41, 5.74) is 9.34. The molecule has 0 amide bonds. The molecule has 0 atom stereocenters. The molecule has 15 heavy (non-hydrogen) atoms. The fourth-order valence-corrected chi connectivity index (χ4v) is 1.60. The molecule has 2 aromatic rings. The second kappa shape index (κ2) is 5.54. The molecule has 0 heterocycles. The van der Waals surface area contributed by atoms with Gasteiger partial charge >= 0.3 is 0 Å². The first-order valence-corrected chi connectivity index (χ1v) is 4.75. The van der Waals surface area contributed by atoms with Gasteiger partial charge in [0.1, 0.15) is 0 Å². The Kier molecular flexibility index (Phi) is 4.35. The van der Waals surface area contributed by atoms with Gasteiger partial charge in [-0.1, -0.05) is 54.6 Å². The summed E-state index contributed by atoms with van der Waals surface area (Å²) in [6.45, 7) is 0.588. The lowest BCUT2D eigenvalue weighted by Crippen LogP contribution is -1.98. The van der Waals surface area contributed by atoms with Gasteiger partial charge in [-0.2, -0.15) is 0 Å². The molecule has 0 saturated carbocycles. The Bertz CT molecular complexity index is 412. The van der Waals surface area contributed by atoms with Gasteiger partial charge in [0.2, 0.25) is 0 Å². The fraction of sp³-hybridized carbons (Fsp3) is 0.0769. The maximum Gasteiger partial charge on any atom is 0.0184 e. The molecule has 0 aliphatic carbocycles. The van der Waals surface area contributed by atoms with E-state index in [0.29, 0.717) is 6.54 Å². The Morgan fingerprint density at radius 3 is 2.07 bits per heavy atom. The van der Waals surface area contributed by atoms with Crippen molar-refractivity contribution in [2.24, 2.45) is 5.73 Å². The molecule has 0 aliphatic rings. The van der Waals surface area contributed by atoms with Crippen LogP contribution in [0.4, 0.5) is 0 Å². The third-order valence-corrected chi connectivity index (χ3v) is 2.32. The van der Waals surface area contributed by atoms with Crippen LogP contribution in [0.1, 0.15) is 5.56 Å². The summed E-state index contributed by atoms with van der Waals surface area (Å²) in [4.78, 5) is 0. The van der Waals surface area contributed by atoms with E-state index < -0.39 is 0 Å². The van der Waals surface area contributed by atoms with Gasteiger partial charge in [-0.15, -0.1) is 12.4 Å². The van der Waals surface area contributed by atoms with Crippen molar-refractivity contribution in [2.45, 2.75) is 6.54 Å². The average Bonchev–Trinajstić information content (AvgIpc) is 2.30. The summed E-state index contributed by atoms with van der Waals surface area (Å²) in [5.74, 6) is 0. The SMILES string of the molecule is Cl.NCc1ccccc1-c1ccccc1. The maximum atomic E-state index is 5.69. The van der Waals surface area contributed by atoms with Crippen LogP contribution in [0.15, 0.2) is 54.6 Å². The summed E-state index contributed by atoms with van der Waals surface area (Å²) in [7, 11) is 0. The fourth-order valence-electron chi connectivity index (χ4n) is 1.60. The van der Waals surface area contributed by atoms with Crippen molar-refractivity contribution in [2.75, 3.05) is 0 Å². The van der Waals surface area contributed by atoms with Gasteiger partial charge < -0.3 is 5.73 Å². The maximum absolute atomic E-state index is 5.69. The summed E-state index contributed by atoms with van der Waals surface area (Å²) in [6, 6.07) is 18.6. The van der Waals surface area contributed by atoms with Gasteiger partial charge in [0.15, 0.2) is 0 Å². The third kappa shape index (κ3) is 2.58. The molecular formula is C13H14ClN. The smallest absolute Gasteiger partial charge is 0.0184 e. The minimum absolute atomic E-state index is 0. The van der Waals surface area contributed by atoms with E-state index in [4.69, 9.17) is 5.73 Å². The van der Waals surface area contributed by atoms with Gasteiger partial charge in [0.25, 0.3) is 0 Å². The predicted octanol–water partition coefficient (Wildman–Crippen LogP) is 3.23. The van der Waals surface area contributed by atoms with E-state index in [1.165, 1.54) is 16.7 Å². The number of benzene rings is 2. The van der Waals surface area contributed by atoms with Gasteiger partial charge in [0.05, 0.1) is 0 Å². The molecule has 0 bridgehead atoms. The van der Waals surface area contributed by atoms with E-state index in [2.05, 4.69) is 24.3 Å². The van der Waals surface area contributed by atoms with E-state index in [1.54, 1.807) is 0 Å². The van der Waals surface area contributed by atoms with Crippen LogP contribution in [0.2, 0.25) is 0 Å². The second-order valence-electron chi connectivity index (χ2n) is 3.23. The van der Waals surface area contributed by atoms with Crippen LogP contribution in [0.25, 0.3) is 11.1 Å². The van der Waals surface area contributed by atoms with Gasteiger partial charge in [-0.3, -0.25) is 0 Å². The first-order valence-electron chi connectivity index (χ1n) is 4.75. The normalized spacial score (nSPS) is 9.40. The van der Waals surface area contributed by atoms with Crippen LogP contribution >= 0.6 is 12.4 Å². The molecular weight excluding hydrogens is 206 g/mol. The third-order valence-electron chi connectivity index (χ3n) is 2.32. The molecule has 2 rings (SSSR count). The van der Waals surface area contributed by atoms with E-state index in [1.807, 2.05) is 30.3 Å². The topological polar surface area (TPSA) is 26.0 Å². The molecule has 1 nitrogen and oxygen atoms in total. The first-order chi connectivity index (χ1) is 6.92. The van der Waals surface area contributed by atoms with Crippen molar-refractivity contribution < 1.29 is 0 Å². The van der Waals surface area contributed by atoms with Crippen molar-refractivity contribution >= 4 is 12.4 Å². The highest BCUT2D eigenvalue weighted by Gasteiger charge is 2.00. The van der Waals surface area contributed by atoms with Crippen LogP contribution in [-0.2, 0) is 6.54 Å². The predicted molar refractivity (Wildman–Crippen MR) is 67.0 cm³/mol. The first kappa shape index (κ1) is 11.8. The van der Waals surface area contributed by atoms with E-state index in [9.17, 15) is 0 Å². The highest BCUT2D eigenvalue weighted by Crippen LogP contribution is 2.22. The Morgan fingerprint density at radius 1 is 0.800 bits per heavy atom. The summed E-state index contributed by atoms with van der Waals surface area (Å²) in [6.07, 6.45) is 0. The highest BCUT2D eigenvalue weighted by atomic mass is 35.5. The zero-order chi connectivity index (χ0) is 9.80. The van der Waals surface area contributed by atoms with Gasteiger partial charge in [-0.25, -0.2) is 0 Å². The van der Waals surface area contributed by atoms with Crippen molar-refractivity contribution in [3.8, 4) is 11.1 Å². The van der Waals surface area contributed by atoms with Crippen LogP contribution in [0.5, 0.6) is 0 Å². The lowest BCUT2D eigenvalue weighted by molar-refractivity contribution is 1.07. The monoisotopic (exact) mass is 219 g/mol. The lowest BCUT2D eigenvalue weighted by Gasteiger charge is -2.06. The number of rotatable bonds is 2. The number of nitrogens with two attached hydrogens (primary N) is 1. The number of hydrogen-bond donors (Lipinski definition) is 1. The van der Waals surface area contributed by atoms with Crippen LogP contribution in [0.3, 0.4) is 0 Å². The Labute approximate surface area is 96.3 Å². The van der Waals surface area contributed by atoms with Gasteiger partial charge in [0, 0.05) is 6.54 Å². The number of hydrogen-bond acceptors (Lipinski definition) is 1. The minimum atomic E-state index is 0. The van der Waals surface area contributed by atoms with Crippen molar-refractivity contribution in [1.29, 1.82) is 0 Å². The van der Waals surface area contributed by atoms with Crippen LogP contribution in [0, 0.1) is 0 Å². The average molecular weight is 220 g/mol. The molecule has 0 radical (unpaired) electrons. The number of halogens is 1. The minimum Gasteiger partial charge on any atom is -0.326 e. The molecule has 2 N–H and O–H groups in total. The Hall–Kier alpha value is -1.31. The molecule has 0 aliphatic heterocycles. The zero-order valence-corrected chi connectivity index (χ0v) is 9.21. The summed E-state index contributed by atoms with van der Waals surface area (Å²) >= 11 is 0. The Morgan fingerprint density at radius 2 is 1.40 bits per heavy atom. The molecule has 0 saturated heterocycles. The molecule has 0 fully saturated rings. The molecule has 0 spiro atoms. The van der Waals surface area contributed by atoms with E-state index in [-0.39, 0.29) is 12.4 Å². The Balaban J connectivity index is 0.00000112. The lowest BCUT2D eigenvalue weighted by atomic mass is 10.00. The molecule has 0 aromatic heterocycles. The van der Waals surface area contributed by atoms with E-state index >= 15 is 0 Å². The van der Waals surface area contributed by atoms with Crippen molar-refractivity contribution in [3.05, 3.63) is 60.2 Å². The van der Waals surface area contributed by atoms with Crippen LogP contribution in [-0.4, -0.2) is 0 Å². The standard InChI is InChI=1S/C13H13N.ClH/c14-10-12-8-4-5-9-13(12)11-6-2-1-3-7-11;/h1-9H,10,14H2;1H. The van der Waals surface area contributed by atoms with Gasteiger partial charge in [-0.05, 0) is 16.7 Å².